The molecule has 0 spiro atoms. The van der Waals surface area contributed by atoms with Crippen LogP contribution in [0.5, 0.6) is 0 Å². The fraction of sp³-hybridized carbons (Fsp3) is 0.909. The lowest BCUT2D eigenvalue weighted by molar-refractivity contribution is 0.107. The summed E-state index contributed by atoms with van der Waals surface area (Å²) in [5.74, 6) is 1.23. The number of nitrogens with zero attached hydrogens (tertiary/aromatic N) is 1. The number of nitrogens with one attached hydrogen (secondary N) is 1. The monoisotopic (exact) mass is 196 g/mol. The third-order valence-electron chi connectivity index (χ3n) is 3.21. The highest BCUT2D eigenvalue weighted by Crippen LogP contribution is 2.21. The maximum Gasteiger partial charge on any atom is 0.0965 e. The summed E-state index contributed by atoms with van der Waals surface area (Å²) in [6, 6.07) is 0.608. The molecule has 3 heteroatoms. The van der Waals surface area contributed by atoms with Gasteiger partial charge in [0.15, 0.2) is 0 Å². The van der Waals surface area contributed by atoms with E-state index >= 15 is 0 Å². The standard InChI is InChI=1S/C11H20N2O/c1-14-10-6-5-9(8-10)13-11-4-2-3-7-12-11/h9-10H,2-8H2,1H3,(H,12,13). The van der Waals surface area contributed by atoms with Gasteiger partial charge in [-0.15, -0.1) is 0 Å². The zero-order valence-electron chi connectivity index (χ0n) is 8.96. The van der Waals surface area contributed by atoms with Gasteiger partial charge in [-0.25, -0.2) is 0 Å². The van der Waals surface area contributed by atoms with Crippen LogP contribution in [0.15, 0.2) is 4.99 Å². The molecule has 2 aliphatic rings. The molecular weight excluding hydrogens is 176 g/mol. The van der Waals surface area contributed by atoms with Crippen LogP contribution in [0.3, 0.4) is 0 Å². The van der Waals surface area contributed by atoms with E-state index in [9.17, 15) is 0 Å². The fourth-order valence-electron chi connectivity index (χ4n) is 2.34. The number of rotatable bonds is 2. The Morgan fingerprint density at radius 1 is 1.36 bits per heavy atom. The van der Waals surface area contributed by atoms with E-state index in [0.29, 0.717) is 12.1 Å². The molecule has 0 aromatic heterocycles. The second kappa shape index (κ2) is 4.78. The Labute approximate surface area is 85.9 Å². The predicted octanol–water partition coefficient (Wildman–Crippen LogP) is 1.73. The summed E-state index contributed by atoms with van der Waals surface area (Å²) in [4.78, 5) is 4.51. The van der Waals surface area contributed by atoms with Crippen molar-refractivity contribution in [1.82, 2.24) is 5.32 Å². The molecule has 2 unspecified atom stereocenters. The van der Waals surface area contributed by atoms with E-state index in [-0.39, 0.29) is 0 Å². The molecule has 1 N–H and O–H groups in total. The summed E-state index contributed by atoms with van der Waals surface area (Å²) >= 11 is 0. The molecule has 3 nitrogen and oxygen atoms in total. The van der Waals surface area contributed by atoms with Crippen molar-refractivity contribution in [3.8, 4) is 0 Å². The number of methoxy groups -OCH3 is 1. The Balaban J connectivity index is 1.78. The second-order valence-electron chi connectivity index (χ2n) is 4.30. The number of amidine groups is 1. The van der Waals surface area contributed by atoms with Crippen molar-refractivity contribution in [3.05, 3.63) is 0 Å². The van der Waals surface area contributed by atoms with Gasteiger partial charge in [-0.3, -0.25) is 4.99 Å². The van der Waals surface area contributed by atoms with Crippen LogP contribution in [0.25, 0.3) is 0 Å². The van der Waals surface area contributed by atoms with E-state index in [0.717, 1.165) is 19.4 Å². The molecule has 1 aliphatic carbocycles. The molecule has 1 fully saturated rings. The third kappa shape index (κ3) is 2.47. The summed E-state index contributed by atoms with van der Waals surface area (Å²) in [7, 11) is 1.81. The molecule has 14 heavy (non-hydrogen) atoms. The number of aliphatic imine (C=N–C) groups is 1. The molecule has 0 saturated heterocycles. The third-order valence-corrected chi connectivity index (χ3v) is 3.21. The van der Waals surface area contributed by atoms with Gasteiger partial charge in [-0.1, -0.05) is 0 Å². The van der Waals surface area contributed by atoms with E-state index < -0.39 is 0 Å². The van der Waals surface area contributed by atoms with Crippen LogP contribution in [-0.4, -0.2) is 31.6 Å². The minimum absolute atomic E-state index is 0.469. The van der Waals surface area contributed by atoms with Crippen molar-refractivity contribution in [2.24, 2.45) is 4.99 Å². The van der Waals surface area contributed by atoms with Crippen molar-refractivity contribution in [2.45, 2.75) is 50.7 Å². The molecule has 1 aliphatic heterocycles. The average Bonchev–Trinajstić information content (AvgIpc) is 2.67. The molecular formula is C11H20N2O. The second-order valence-corrected chi connectivity index (χ2v) is 4.30. The van der Waals surface area contributed by atoms with E-state index in [2.05, 4.69) is 10.3 Å². The van der Waals surface area contributed by atoms with Crippen molar-refractivity contribution in [1.29, 1.82) is 0 Å². The molecule has 0 radical (unpaired) electrons. The first-order valence-electron chi connectivity index (χ1n) is 5.71. The first kappa shape index (κ1) is 9.97. The minimum Gasteiger partial charge on any atom is -0.381 e. The summed E-state index contributed by atoms with van der Waals surface area (Å²) in [6.45, 7) is 1.02. The maximum atomic E-state index is 5.35. The Kier molecular flexibility index (Phi) is 3.40. The molecule has 80 valence electrons. The lowest BCUT2D eigenvalue weighted by atomic mass is 10.1. The Hall–Kier alpha value is -0.570. The molecule has 0 amide bonds. The molecule has 2 atom stereocenters. The first-order chi connectivity index (χ1) is 6.88. The van der Waals surface area contributed by atoms with Crippen LogP contribution in [0.1, 0.15) is 38.5 Å². The van der Waals surface area contributed by atoms with Crippen molar-refractivity contribution in [3.63, 3.8) is 0 Å². The van der Waals surface area contributed by atoms with Crippen molar-refractivity contribution in [2.75, 3.05) is 13.7 Å². The molecule has 0 aromatic carbocycles. The molecule has 0 bridgehead atoms. The highest BCUT2D eigenvalue weighted by molar-refractivity contribution is 5.82. The molecule has 1 saturated carbocycles. The predicted molar refractivity (Wildman–Crippen MR) is 57.7 cm³/mol. The van der Waals surface area contributed by atoms with Crippen molar-refractivity contribution >= 4 is 5.84 Å². The van der Waals surface area contributed by atoms with Gasteiger partial charge in [-0.05, 0) is 32.1 Å². The van der Waals surface area contributed by atoms with Crippen LogP contribution < -0.4 is 5.32 Å². The lowest BCUT2D eigenvalue weighted by Gasteiger charge is -2.18. The summed E-state index contributed by atoms with van der Waals surface area (Å²) < 4.78 is 5.35. The van der Waals surface area contributed by atoms with Crippen LogP contribution >= 0.6 is 0 Å². The molecule has 1 heterocycles. The number of hydrogen-bond donors (Lipinski definition) is 1. The Morgan fingerprint density at radius 2 is 2.29 bits per heavy atom. The summed E-state index contributed by atoms with van der Waals surface area (Å²) in [6.07, 6.45) is 7.75. The Morgan fingerprint density at radius 3 is 2.93 bits per heavy atom. The zero-order valence-corrected chi connectivity index (χ0v) is 8.96. The quantitative estimate of drug-likeness (QED) is 0.729. The highest BCUT2D eigenvalue weighted by Gasteiger charge is 2.25. The zero-order chi connectivity index (χ0) is 9.80. The molecule has 0 aromatic rings. The topological polar surface area (TPSA) is 33.6 Å². The lowest BCUT2D eigenvalue weighted by Crippen LogP contribution is -2.34. The van der Waals surface area contributed by atoms with Gasteiger partial charge < -0.3 is 10.1 Å². The Bertz CT molecular complexity index is 215. The van der Waals surface area contributed by atoms with Crippen LogP contribution in [0, 0.1) is 0 Å². The van der Waals surface area contributed by atoms with Gasteiger partial charge in [0.2, 0.25) is 0 Å². The van der Waals surface area contributed by atoms with Crippen molar-refractivity contribution < 1.29 is 4.74 Å². The summed E-state index contributed by atoms with van der Waals surface area (Å²) in [5, 5.41) is 3.55. The van der Waals surface area contributed by atoms with Gasteiger partial charge in [0.25, 0.3) is 0 Å². The van der Waals surface area contributed by atoms with Crippen LogP contribution in [0.2, 0.25) is 0 Å². The normalized spacial score (nSPS) is 32.8. The SMILES string of the molecule is COC1CCC(NC2=NCCCC2)C1. The van der Waals surface area contributed by atoms with E-state index in [1.165, 1.54) is 31.5 Å². The smallest absolute Gasteiger partial charge is 0.0965 e. The largest absolute Gasteiger partial charge is 0.381 e. The van der Waals surface area contributed by atoms with Gasteiger partial charge >= 0.3 is 0 Å². The molecule has 2 rings (SSSR count). The number of ether oxygens (including phenoxy) is 1. The highest BCUT2D eigenvalue weighted by atomic mass is 16.5. The first-order valence-corrected chi connectivity index (χ1v) is 5.71. The minimum atomic E-state index is 0.469. The van der Waals surface area contributed by atoms with Gasteiger partial charge in [0.1, 0.15) is 0 Å². The van der Waals surface area contributed by atoms with E-state index in [4.69, 9.17) is 4.74 Å². The van der Waals surface area contributed by atoms with Gasteiger partial charge in [0.05, 0.1) is 11.9 Å². The average molecular weight is 196 g/mol. The van der Waals surface area contributed by atoms with Crippen LogP contribution in [0.4, 0.5) is 0 Å². The van der Waals surface area contributed by atoms with Gasteiger partial charge in [0, 0.05) is 26.1 Å². The van der Waals surface area contributed by atoms with E-state index in [1.807, 2.05) is 7.11 Å². The maximum absolute atomic E-state index is 5.35. The number of hydrogen-bond acceptors (Lipinski definition) is 3. The van der Waals surface area contributed by atoms with Crippen LogP contribution in [-0.2, 0) is 4.74 Å². The fourth-order valence-corrected chi connectivity index (χ4v) is 2.34. The summed E-state index contributed by atoms with van der Waals surface area (Å²) in [5.41, 5.74) is 0. The van der Waals surface area contributed by atoms with E-state index in [1.54, 1.807) is 0 Å². The van der Waals surface area contributed by atoms with Gasteiger partial charge in [-0.2, -0.15) is 0 Å².